The van der Waals surface area contributed by atoms with Gasteiger partial charge >= 0.3 is 0 Å². The quantitative estimate of drug-likeness (QED) is 0.394. The summed E-state index contributed by atoms with van der Waals surface area (Å²) in [6, 6.07) is 0. The maximum Gasteiger partial charge on any atom is 0.249 e. The van der Waals surface area contributed by atoms with Crippen molar-refractivity contribution in [1.29, 1.82) is 0 Å². The Morgan fingerprint density at radius 2 is 1.94 bits per heavy atom. The first-order valence-electron chi connectivity index (χ1n) is 6.22. The van der Waals surface area contributed by atoms with E-state index in [1.807, 2.05) is 13.8 Å². The van der Waals surface area contributed by atoms with Gasteiger partial charge in [0.05, 0.1) is 13.2 Å². The van der Waals surface area contributed by atoms with E-state index in [0.29, 0.717) is 26.2 Å². The fourth-order valence-electron chi connectivity index (χ4n) is 1.46. The van der Waals surface area contributed by atoms with E-state index in [0.717, 1.165) is 24.1 Å². The van der Waals surface area contributed by atoms with Crippen LogP contribution in [0.25, 0.3) is 0 Å². The topological polar surface area (TPSA) is 59.0 Å². The lowest BCUT2D eigenvalue weighted by molar-refractivity contribution is -0.166. The van der Waals surface area contributed by atoms with Crippen LogP contribution in [0, 0.1) is 5.92 Å². The second-order valence-electron chi connectivity index (χ2n) is 3.98. The molecule has 1 saturated carbocycles. The smallest absolute Gasteiger partial charge is 0.249 e. The second kappa shape index (κ2) is 7.98. The molecule has 0 radical (unpaired) electrons. The largest absolute Gasteiger partial charge is 0.334 e. The second-order valence-corrected chi connectivity index (χ2v) is 5.61. The van der Waals surface area contributed by atoms with Gasteiger partial charge in [0.25, 0.3) is 0 Å². The summed E-state index contributed by atoms with van der Waals surface area (Å²) in [5.41, 5.74) is 0. The molecule has 0 aliphatic heterocycles. The summed E-state index contributed by atoms with van der Waals surface area (Å²) in [5.74, 6) is -0.0672. The summed E-state index contributed by atoms with van der Waals surface area (Å²) in [4.78, 5) is 11.5. The molecule has 0 bridgehead atoms. The van der Waals surface area contributed by atoms with Crippen LogP contribution < -0.4 is 0 Å². The number of nitrogens with zero attached hydrogens (tertiary/aromatic N) is 1. The van der Waals surface area contributed by atoms with Crippen LogP contribution >= 0.6 is 8.38 Å². The summed E-state index contributed by atoms with van der Waals surface area (Å²) in [7, 11) is -0.860. The van der Waals surface area contributed by atoms with Gasteiger partial charge in [0.2, 0.25) is 5.91 Å². The van der Waals surface area contributed by atoms with Crippen LogP contribution in [0.2, 0.25) is 0 Å². The molecule has 5 nitrogen and oxygen atoms in total. The number of rotatable bonds is 9. The summed E-state index contributed by atoms with van der Waals surface area (Å²) in [5, 5.41) is 10.4. The number of carbonyl (C=O) groups is 1. The molecular formula is C11H22NO4P. The van der Waals surface area contributed by atoms with Crippen LogP contribution in [0.15, 0.2) is 0 Å². The zero-order valence-corrected chi connectivity index (χ0v) is 11.5. The summed E-state index contributed by atoms with van der Waals surface area (Å²) >= 11 is 0. The predicted octanol–water partition coefficient (Wildman–Crippen LogP) is 2.39. The van der Waals surface area contributed by atoms with Crippen molar-refractivity contribution in [2.75, 3.05) is 25.9 Å². The average molecular weight is 263 g/mol. The zero-order valence-electron chi connectivity index (χ0n) is 10.6. The highest BCUT2D eigenvalue weighted by molar-refractivity contribution is 7.47. The number of hydrogen-bond donors (Lipinski definition) is 1. The lowest BCUT2D eigenvalue weighted by atomic mass is 10.3. The number of amides is 1. The van der Waals surface area contributed by atoms with Gasteiger partial charge in [-0.1, -0.05) is 0 Å². The van der Waals surface area contributed by atoms with Crippen molar-refractivity contribution in [3.8, 4) is 0 Å². The minimum Gasteiger partial charge on any atom is -0.334 e. The Labute approximate surface area is 104 Å². The van der Waals surface area contributed by atoms with Gasteiger partial charge in [0.1, 0.15) is 0 Å². The average Bonchev–Trinajstić information content (AvgIpc) is 3.12. The molecule has 1 aliphatic rings. The molecule has 1 fully saturated rings. The van der Waals surface area contributed by atoms with Gasteiger partial charge in [-0.05, 0) is 33.1 Å². The molecule has 0 heterocycles. The van der Waals surface area contributed by atoms with E-state index in [-0.39, 0.29) is 11.8 Å². The van der Waals surface area contributed by atoms with Crippen molar-refractivity contribution in [2.24, 2.45) is 5.92 Å². The van der Waals surface area contributed by atoms with Crippen LogP contribution in [-0.4, -0.2) is 42.1 Å². The van der Waals surface area contributed by atoms with Gasteiger partial charge in [0, 0.05) is 18.6 Å². The molecule has 1 aliphatic carbocycles. The van der Waals surface area contributed by atoms with Crippen LogP contribution in [-0.2, 0) is 13.8 Å². The van der Waals surface area contributed by atoms with Gasteiger partial charge in [0.15, 0.2) is 8.38 Å². The highest BCUT2D eigenvalue weighted by Crippen LogP contribution is 2.38. The van der Waals surface area contributed by atoms with Gasteiger partial charge in [-0.15, -0.1) is 0 Å². The normalized spacial score (nSPS) is 15.3. The predicted molar refractivity (Wildman–Crippen MR) is 65.9 cm³/mol. The van der Waals surface area contributed by atoms with Gasteiger partial charge in [-0.3, -0.25) is 10.0 Å². The number of carbonyl (C=O) groups excluding carboxylic acids is 1. The highest BCUT2D eigenvalue weighted by Gasteiger charge is 2.32. The molecule has 100 valence electrons. The summed E-state index contributed by atoms with van der Waals surface area (Å²) in [6.07, 6.45) is 3.30. The first-order chi connectivity index (χ1) is 8.19. The fraction of sp³-hybridized carbons (Fsp3) is 0.909. The molecule has 6 heteroatoms. The van der Waals surface area contributed by atoms with Gasteiger partial charge in [-0.2, -0.15) is 0 Å². The van der Waals surface area contributed by atoms with Crippen LogP contribution in [0.4, 0.5) is 0 Å². The first-order valence-corrected chi connectivity index (χ1v) is 7.58. The molecule has 0 saturated heterocycles. The van der Waals surface area contributed by atoms with E-state index < -0.39 is 8.38 Å². The van der Waals surface area contributed by atoms with Crippen LogP contribution in [0.1, 0.15) is 33.1 Å². The third-order valence-corrected chi connectivity index (χ3v) is 4.21. The van der Waals surface area contributed by atoms with Crippen LogP contribution in [0.5, 0.6) is 0 Å². The molecule has 1 rings (SSSR count). The van der Waals surface area contributed by atoms with Crippen molar-refractivity contribution in [3.05, 3.63) is 0 Å². The van der Waals surface area contributed by atoms with Crippen LogP contribution in [0.3, 0.4) is 0 Å². The maximum absolute atomic E-state index is 11.5. The number of hydrogen-bond acceptors (Lipinski definition) is 4. The first kappa shape index (κ1) is 14.8. The van der Waals surface area contributed by atoms with E-state index in [1.54, 1.807) is 0 Å². The van der Waals surface area contributed by atoms with Crippen molar-refractivity contribution >= 4 is 14.3 Å². The summed E-state index contributed by atoms with van der Waals surface area (Å²) < 4.78 is 10.9. The SMILES string of the molecule is CCOP(CCCN(O)C(=O)C1CC1)OCC. The minimum atomic E-state index is -0.860. The van der Waals surface area contributed by atoms with E-state index >= 15 is 0 Å². The van der Waals surface area contributed by atoms with E-state index in [4.69, 9.17) is 9.05 Å². The van der Waals surface area contributed by atoms with E-state index in [2.05, 4.69) is 0 Å². The Balaban J connectivity index is 2.13. The molecule has 1 N–H and O–H groups in total. The third-order valence-electron chi connectivity index (χ3n) is 2.44. The molecule has 0 atom stereocenters. The van der Waals surface area contributed by atoms with Crippen molar-refractivity contribution < 1.29 is 19.0 Å². The zero-order chi connectivity index (χ0) is 12.7. The standard InChI is InChI=1S/C11H22NO4P/c1-3-15-17(16-4-2)9-5-8-12(14)11(13)10-6-7-10/h10,14H,3-9H2,1-2H3. The van der Waals surface area contributed by atoms with Gasteiger partial charge in [-0.25, -0.2) is 5.06 Å². The molecule has 0 aromatic rings. The molecule has 0 aromatic carbocycles. The van der Waals surface area contributed by atoms with E-state index in [1.165, 1.54) is 0 Å². The molecule has 0 spiro atoms. The van der Waals surface area contributed by atoms with Crippen molar-refractivity contribution in [2.45, 2.75) is 33.1 Å². The van der Waals surface area contributed by atoms with Gasteiger partial charge < -0.3 is 9.05 Å². The minimum absolute atomic E-state index is 0.0697. The Kier molecular flexibility index (Phi) is 6.97. The third kappa shape index (κ3) is 5.77. The molecule has 0 aromatic heterocycles. The molecular weight excluding hydrogens is 241 g/mol. The van der Waals surface area contributed by atoms with Crippen molar-refractivity contribution in [3.63, 3.8) is 0 Å². The van der Waals surface area contributed by atoms with Crippen molar-refractivity contribution in [1.82, 2.24) is 5.06 Å². The Hall–Kier alpha value is -0.220. The summed E-state index contributed by atoms with van der Waals surface area (Å²) in [6.45, 7) is 5.51. The lowest BCUT2D eigenvalue weighted by Gasteiger charge is -2.18. The fourth-order valence-corrected chi connectivity index (χ4v) is 2.76. The monoisotopic (exact) mass is 263 g/mol. The molecule has 1 amide bonds. The lowest BCUT2D eigenvalue weighted by Crippen LogP contribution is -2.30. The Bertz CT molecular complexity index is 230. The Morgan fingerprint density at radius 3 is 2.41 bits per heavy atom. The van der Waals surface area contributed by atoms with E-state index in [9.17, 15) is 10.0 Å². The maximum atomic E-state index is 11.5. The number of hydroxylamine groups is 2. The molecule has 17 heavy (non-hydrogen) atoms. The molecule has 0 unspecified atom stereocenters. The Morgan fingerprint density at radius 1 is 1.35 bits per heavy atom. The highest BCUT2D eigenvalue weighted by atomic mass is 31.2.